The van der Waals surface area contributed by atoms with Gasteiger partial charge >= 0.3 is 0 Å². The Labute approximate surface area is 154 Å². The largest absolute Gasteiger partial charge is 0.382 e. The second-order valence-corrected chi connectivity index (χ2v) is 6.21. The van der Waals surface area contributed by atoms with Crippen LogP contribution in [-0.2, 0) is 6.42 Å². The Kier molecular flexibility index (Phi) is 4.41. The van der Waals surface area contributed by atoms with E-state index in [2.05, 4.69) is 32.5 Å². The third kappa shape index (κ3) is 3.19. The van der Waals surface area contributed by atoms with Crippen LogP contribution in [0.15, 0.2) is 65.6 Å². The quantitative estimate of drug-likeness (QED) is 0.568. The lowest BCUT2D eigenvalue weighted by Gasteiger charge is -2.09. The van der Waals surface area contributed by atoms with Crippen LogP contribution in [0, 0.1) is 0 Å². The van der Waals surface area contributed by atoms with Crippen LogP contribution in [0.2, 0.25) is 5.02 Å². The maximum absolute atomic E-state index is 12.6. The van der Waals surface area contributed by atoms with Crippen LogP contribution in [0.25, 0.3) is 17.0 Å². The molecule has 4 rings (SSSR count). The number of nitrogens with zero attached hydrogens (tertiary/aromatic N) is 3. The summed E-state index contributed by atoms with van der Waals surface area (Å²) in [6.07, 6.45) is 2.37. The Balaban J connectivity index is 1.56. The van der Waals surface area contributed by atoms with Gasteiger partial charge in [0.15, 0.2) is 0 Å². The summed E-state index contributed by atoms with van der Waals surface area (Å²) in [6, 6.07) is 17.6. The fourth-order valence-corrected chi connectivity index (χ4v) is 2.93. The van der Waals surface area contributed by atoms with Crippen LogP contribution >= 0.6 is 11.6 Å². The van der Waals surface area contributed by atoms with Crippen molar-refractivity contribution in [2.45, 2.75) is 6.42 Å². The van der Waals surface area contributed by atoms with Crippen molar-refractivity contribution in [2.75, 3.05) is 11.9 Å². The van der Waals surface area contributed by atoms with E-state index in [1.54, 1.807) is 6.20 Å². The monoisotopic (exact) mass is 365 g/mol. The lowest BCUT2D eigenvalue weighted by Crippen LogP contribution is -2.24. The van der Waals surface area contributed by atoms with E-state index in [0.717, 1.165) is 17.5 Å². The van der Waals surface area contributed by atoms with E-state index in [4.69, 9.17) is 11.6 Å². The third-order valence-electron chi connectivity index (χ3n) is 4.07. The highest BCUT2D eigenvalue weighted by atomic mass is 35.5. The molecule has 0 saturated carbocycles. The van der Waals surface area contributed by atoms with Crippen molar-refractivity contribution in [3.05, 3.63) is 81.7 Å². The van der Waals surface area contributed by atoms with Gasteiger partial charge in [0, 0.05) is 6.54 Å². The molecule has 0 saturated heterocycles. The van der Waals surface area contributed by atoms with Crippen LogP contribution in [0.4, 0.5) is 5.69 Å². The van der Waals surface area contributed by atoms with E-state index in [-0.39, 0.29) is 5.02 Å². The Morgan fingerprint density at radius 1 is 1.08 bits per heavy atom. The molecular formula is C19H16ClN5O. The number of aromatic amines is 1. The van der Waals surface area contributed by atoms with Gasteiger partial charge in [-0.25, -0.2) is 4.98 Å². The minimum atomic E-state index is -0.421. The van der Waals surface area contributed by atoms with Crippen LogP contribution in [-0.4, -0.2) is 26.3 Å². The first-order chi connectivity index (χ1) is 12.7. The number of anilines is 1. The predicted octanol–water partition coefficient (Wildman–Crippen LogP) is 3.42. The highest BCUT2D eigenvalue weighted by Crippen LogP contribution is 2.17. The van der Waals surface area contributed by atoms with Crippen LogP contribution in [0.1, 0.15) is 5.56 Å². The number of imidazole rings is 1. The summed E-state index contributed by atoms with van der Waals surface area (Å²) in [5.41, 5.74) is 2.89. The number of para-hydroxylation sites is 2. The molecule has 2 N–H and O–H groups in total. The number of hydrogen-bond acceptors (Lipinski definition) is 4. The first-order valence-corrected chi connectivity index (χ1v) is 8.61. The maximum Gasteiger partial charge on any atom is 0.295 e. The summed E-state index contributed by atoms with van der Waals surface area (Å²) < 4.78 is 1.17. The molecule has 0 bridgehead atoms. The van der Waals surface area contributed by atoms with Crippen molar-refractivity contribution in [1.82, 2.24) is 19.7 Å². The van der Waals surface area contributed by atoms with Gasteiger partial charge in [0.1, 0.15) is 5.02 Å². The molecule has 2 aromatic heterocycles. The summed E-state index contributed by atoms with van der Waals surface area (Å²) in [6.45, 7) is 0.652. The average Bonchev–Trinajstić information content (AvgIpc) is 3.10. The van der Waals surface area contributed by atoms with Crippen molar-refractivity contribution in [3.8, 4) is 5.95 Å². The van der Waals surface area contributed by atoms with Crippen LogP contribution in [0.3, 0.4) is 0 Å². The number of benzene rings is 2. The standard InChI is InChI=1S/C19H16ClN5O/c20-17-16(21-11-10-13-6-2-1-3-7-13)12-22-25(18(17)26)19-23-14-8-4-5-9-15(14)24-19/h1-9,12,21H,10-11H2,(H,23,24). The minimum Gasteiger partial charge on any atom is -0.382 e. The van der Waals surface area contributed by atoms with Crippen LogP contribution in [0.5, 0.6) is 0 Å². The maximum atomic E-state index is 12.6. The molecule has 0 fully saturated rings. The van der Waals surface area contributed by atoms with Crippen molar-refractivity contribution < 1.29 is 0 Å². The number of halogens is 1. The smallest absolute Gasteiger partial charge is 0.295 e. The third-order valence-corrected chi connectivity index (χ3v) is 4.43. The molecule has 6 nitrogen and oxygen atoms in total. The molecule has 26 heavy (non-hydrogen) atoms. The lowest BCUT2D eigenvalue weighted by atomic mass is 10.1. The molecule has 0 aliphatic heterocycles. The molecule has 0 atom stereocenters. The van der Waals surface area contributed by atoms with Gasteiger partial charge < -0.3 is 10.3 Å². The zero-order valence-corrected chi connectivity index (χ0v) is 14.6. The average molecular weight is 366 g/mol. The molecule has 0 aliphatic rings. The molecule has 7 heteroatoms. The highest BCUT2D eigenvalue weighted by Gasteiger charge is 2.13. The summed E-state index contributed by atoms with van der Waals surface area (Å²) in [5, 5.41) is 7.45. The Bertz CT molecular complexity index is 1070. The number of hydrogen-bond donors (Lipinski definition) is 2. The molecule has 0 aliphatic carbocycles. The van der Waals surface area contributed by atoms with Gasteiger partial charge in [0.25, 0.3) is 5.56 Å². The molecule has 0 amide bonds. The topological polar surface area (TPSA) is 75.6 Å². The summed E-state index contributed by atoms with van der Waals surface area (Å²) in [7, 11) is 0. The Morgan fingerprint density at radius 2 is 1.85 bits per heavy atom. The molecule has 0 unspecified atom stereocenters. The molecule has 4 aromatic rings. The van der Waals surface area contributed by atoms with Crippen molar-refractivity contribution in [1.29, 1.82) is 0 Å². The number of fused-ring (bicyclic) bond motifs is 1. The van der Waals surface area contributed by atoms with Gasteiger partial charge in [-0.05, 0) is 24.1 Å². The van der Waals surface area contributed by atoms with Gasteiger partial charge in [-0.3, -0.25) is 4.79 Å². The van der Waals surface area contributed by atoms with Gasteiger partial charge in [-0.1, -0.05) is 54.1 Å². The zero-order chi connectivity index (χ0) is 17.9. The number of nitrogens with one attached hydrogen (secondary N) is 2. The molecule has 0 spiro atoms. The first-order valence-electron chi connectivity index (χ1n) is 8.23. The molecule has 130 valence electrons. The van der Waals surface area contributed by atoms with Gasteiger partial charge in [-0.2, -0.15) is 9.78 Å². The number of H-pyrrole nitrogens is 1. The van der Waals surface area contributed by atoms with E-state index in [9.17, 15) is 4.79 Å². The van der Waals surface area contributed by atoms with Gasteiger partial charge in [0.2, 0.25) is 5.95 Å². The highest BCUT2D eigenvalue weighted by molar-refractivity contribution is 6.32. The SMILES string of the molecule is O=c1c(Cl)c(NCCc2ccccc2)cnn1-c1nc2ccccc2[nH]1. The van der Waals surface area contributed by atoms with Crippen LogP contribution < -0.4 is 10.9 Å². The Hall–Kier alpha value is -3.12. The van der Waals surface area contributed by atoms with E-state index in [1.807, 2.05) is 42.5 Å². The van der Waals surface area contributed by atoms with E-state index < -0.39 is 5.56 Å². The van der Waals surface area contributed by atoms with Crippen molar-refractivity contribution in [2.24, 2.45) is 0 Å². The predicted molar refractivity (Wildman–Crippen MR) is 103 cm³/mol. The van der Waals surface area contributed by atoms with Crippen molar-refractivity contribution >= 4 is 28.3 Å². The summed E-state index contributed by atoms with van der Waals surface area (Å²) in [4.78, 5) is 20.0. The molecule has 2 heterocycles. The van der Waals surface area contributed by atoms with Crippen molar-refractivity contribution in [3.63, 3.8) is 0 Å². The number of aromatic nitrogens is 4. The minimum absolute atomic E-state index is 0.0912. The van der Waals surface area contributed by atoms with E-state index >= 15 is 0 Å². The fraction of sp³-hybridized carbons (Fsp3) is 0.105. The molecular weight excluding hydrogens is 350 g/mol. The van der Waals surface area contributed by atoms with E-state index in [0.29, 0.717) is 18.2 Å². The Morgan fingerprint density at radius 3 is 2.65 bits per heavy atom. The zero-order valence-electron chi connectivity index (χ0n) is 13.8. The summed E-state index contributed by atoms with van der Waals surface area (Å²) in [5.74, 6) is 0.342. The molecule has 2 aromatic carbocycles. The lowest BCUT2D eigenvalue weighted by molar-refractivity contribution is 0.767. The number of rotatable bonds is 5. The van der Waals surface area contributed by atoms with Gasteiger partial charge in [0.05, 0.1) is 22.9 Å². The van der Waals surface area contributed by atoms with Gasteiger partial charge in [-0.15, -0.1) is 0 Å². The fourth-order valence-electron chi connectivity index (χ4n) is 2.73. The second-order valence-electron chi connectivity index (χ2n) is 5.83. The second kappa shape index (κ2) is 7.01. The van der Waals surface area contributed by atoms with E-state index in [1.165, 1.54) is 10.2 Å². The molecule has 0 radical (unpaired) electrons. The normalized spacial score (nSPS) is 11.0. The summed E-state index contributed by atoms with van der Waals surface area (Å²) >= 11 is 6.25. The first kappa shape index (κ1) is 16.4.